The average molecular weight is 419 g/mol. The summed E-state index contributed by atoms with van der Waals surface area (Å²) in [6, 6.07) is 8.20. The van der Waals surface area contributed by atoms with Crippen LogP contribution >= 0.6 is 43.5 Å². The Bertz CT molecular complexity index is 590. The SMILES string of the molecule is CCNC(Cc1cncc(Br)c1)c1cc(Br)ccc1Cl. The van der Waals surface area contributed by atoms with E-state index in [0.29, 0.717) is 0 Å². The van der Waals surface area contributed by atoms with Crippen LogP contribution in [0.3, 0.4) is 0 Å². The third-order valence-electron chi connectivity index (χ3n) is 2.99. The number of benzene rings is 1. The maximum atomic E-state index is 6.34. The molecular weight excluding hydrogens is 403 g/mol. The minimum absolute atomic E-state index is 0.168. The first kappa shape index (κ1) is 16.0. The molecule has 0 saturated carbocycles. The predicted octanol–water partition coefficient (Wildman–Crippen LogP) is 5.15. The van der Waals surface area contributed by atoms with Crippen molar-refractivity contribution in [3.63, 3.8) is 0 Å². The number of nitrogens with one attached hydrogen (secondary N) is 1. The smallest absolute Gasteiger partial charge is 0.0454 e. The zero-order chi connectivity index (χ0) is 14.5. The van der Waals surface area contributed by atoms with E-state index in [1.165, 1.54) is 5.56 Å². The number of likely N-dealkylation sites (N-methyl/N-ethyl adjacent to an activating group) is 1. The Kier molecular flexibility index (Phi) is 6.02. The van der Waals surface area contributed by atoms with Gasteiger partial charge in [-0.25, -0.2) is 0 Å². The van der Waals surface area contributed by atoms with E-state index in [0.717, 1.165) is 32.5 Å². The van der Waals surface area contributed by atoms with Crippen molar-refractivity contribution >= 4 is 43.5 Å². The molecule has 1 aromatic heterocycles. The van der Waals surface area contributed by atoms with Crippen molar-refractivity contribution in [2.24, 2.45) is 0 Å². The van der Waals surface area contributed by atoms with Crippen LogP contribution in [0.25, 0.3) is 0 Å². The zero-order valence-electron chi connectivity index (χ0n) is 11.0. The molecule has 0 spiro atoms. The van der Waals surface area contributed by atoms with Gasteiger partial charge in [0.05, 0.1) is 0 Å². The van der Waals surface area contributed by atoms with Gasteiger partial charge in [-0.05, 0) is 64.3 Å². The Morgan fingerprint density at radius 3 is 2.70 bits per heavy atom. The number of halogens is 3. The molecule has 0 bridgehead atoms. The summed E-state index contributed by atoms with van der Waals surface area (Å²) in [5.74, 6) is 0. The second-order valence-electron chi connectivity index (χ2n) is 4.49. The molecule has 1 atom stereocenters. The molecule has 0 saturated heterocycles. The minimum atomic E-state index is 0.168. The van der Waals surface area contributed by atoms with Gasteiger partial charge in [0.15, 0.2) is 0 Å². The quantitative estimate of drug-likeness (QED) is 0.726. The monoisotopic (exact) mass is 416 g/mol. The van der Waals surface area contributed by atoms with Crippen LogP contribution in [-0.2, 0) is 6.42 Å². The largest absolute Gasteiger partial charge is 0.310 e. The summed E-state index contributed by atoms with van der Waals surface area (Å²) in [5, 5.41) is 4.27. The standard InChI is InChI=1S/C15H15Br2ClN2/c1-2-20-15(6-10-5-12(17)9-19-8-10)13-7-11(16)3-4-14(13)18/h3-5,7-9,15,20H,2,6H2,1H3. The van der Waals surface area contributed by atoms with Crippen molar-refractivity contribution in [2.75, 3.05) is 6.54 Å². The van der Waals surface area contributed by atoms with E-state index in [2.05, 4.69) is 61.2 Å². The number of pyridine rings is 1. The van der Waals surface area contributed by atoms with Gasteiger partial charge in [0, 0.05) is 32.4 Å². The van der Waals surface area contributed by atoms with Gasteiger partial charge in [-0.2, -0.15) is 0 Å². The normalized spacial score (nSPS) is 12.4. The van der Waals surface area contributed by atoms with Crippen LogP contribution in [0.2, 0.25) is 5.02 Å². The van der Waals surface area contributed by atoms with E-state index in [9.17, 15) is 0 Å². The summed E-state index contributed by atoms with van der Waals surface area (Å²) in [7, 11) is 0. The Morgan fingerprint density at radius 1 is 1.20 bits per heavy atom. The Balaban J connectivity index is 2.29. The van der Waals surface area contributed by atoms with E-state index in [1.54, 1.807) is 6.20 Å². The fraction of sp³-hybridized carbons (Fsp3) is 0.267. The van der Waals surface area contributed by atoms with Crippen molar-refractivity contribution in [3.05, 3.63) is 61.8 Å². The van der Waals surface area contributed by atoms with Crippen LogP contribution in [0.5, 0.6) is 0 Å². The molecule has 1 aromatic carbocycles. The van der Waals surface area contributed by atoms with Crippen LogP contribution in [0.15, 0.2) is 45.6 Å². The molecule has 20 heavy (non-hydrogen) atoms. The third kappa shape index (κ3) is 4.29. The summed E-state index contributed by atoms with van der Waals surface area (Å²) in [5.41, 5.74) is 2.27. The minimum Gasteiger partial charge on any atom is -0.310 e. The first-order chi connectivity index (χ1) is 9.60. The summed E-state index contributed by atoms with van der Waals surface area (Å²) >= 11 is 13.3. The summed E-state index contributed by atoms with van der Waals surface area (Å²) < 4.78 is 2.03. The van der Waals surface area contributed by atoms with Gasteiger partial charge in [0.2, 0.25) is 0 Å². The highest BCUT2D eigenvalue weighted by Crippen LogP contribution is 2.29. The van der Waals surface area contributed by atoms with Gasteiger partial charge < -0.3 is 5.32 Å². The van der Waals surface area contributed by atoms with Gasteiger partial charge >= 0.3 is 0 Å². The molecule has 0 aliphatic carbocycles. The summed E-state index contributed by atoms with van der Waals surface area (Å²) in [6.07, 6.45) is 4.52. The molecule has 0 amide bonds. The number of hydrogen-bond donors (Lipinski definition) is 1. The fourth-order valence-corrected chi connectivity index (χ4v) is 3.16. The zero-order valence-corrected chi connectivity index (χ0v) is 15.0. The van der Waals surface area contributed by atoms with Crippen LogP contribution in [0.1, 0.15) is 24.1 Å². The maximum absolute atomic E-state index is 6.34. The lowest BCUT2D eigenvalue weighted by Gasteiger charge is -2.20. The molecule has 2 aromatic rings. The van der Waals surface area contributed by atoms with Gasteiger partial charge in [0.25, 0.3) is 0 Å². The fourth-order valence-electron chi connectivity index (χ4n) is 2.12. The molecule has 106 valence electrons. The number of aromatic nitrogens is 1. The van der Waals surface area contributed by atoms with Crippen molar-refractivity contribution < 1.29 is 0 Å². The van der Waals surface area contributed by atoms with Crippen LogP contribution < -0.4 is 5.32 Å². The van der Waals surface area contributed by atoms with Gasteiger partial charge in [0.1, 0.15) is 0 Å². The molecule has 0 aliphatic heterocycles. The van der Waals surface area contributed by atoms with Gasteiger partial charge in [-0.15, -0.1) is 0 Å². The highest BCUT2D eigenvalue weighted by Gasteiger charge is 2.15. The molecule has 1 N–H and O–H groups in total. The summed E-state index contributed by atoms with van der Waals surface area (Å²) in [4.78, 5) is 4.21. The highest BCUT2D eigenvalue weighted by molar-refractivity contribution is 9.10. The number of hydrogen-bond acceptors (Lipinski definition) is 2. The molecule has 0 radical (unpaired) electrons. The van der Waals surface area contributed by atoms with E-state index in [1.807, 2.05) is 18.3 Å². The van der Waals surface area contributed by atoms with Crippen molar-refractivity contribution in [2.45, 2.75) is 19.4 Å². The first-order valence-corrected chi connectivity index (χ1v) is 8.34. The first-order valence-electron chi connectivity index (χ1n) is 6.38. The molecule has 5 heteroatoms. The van der Waals surface area contributed by atoms with Crippen molar-refractivity contribution in [3.8, 4) is 0 Å². The average Bonchev–Trinajstić information content (AvgIpc) is 2.41. The Morgan fingerprint density at radius 2 is 2.00 bits per heavy atom. The lowest BCUT2D eigenvalue weighted by atomic mass is 10.00. The van der Waals surface area contributed by atoms with Crippen LogP contribution in [0, 0.1) is 0 Å². The lowest BCUT2D eigenvalue weighted by Crippen LogP contribution is -2.23. The van der Waals surface area contributed by atoms with Crippen molar-refractivity contribution in [1.29, 1.82) is 0 Å². The number of nitrogens with zero attached hydrogens (tertiary/aromatic N) is 1. The van der Waals surface area contributed by atoms with E-state index in [4.69, 9.17) is 11.6 Å². The second-order valence-corrected chi connectivity index (χ2v) is 6.73. The molecule has 1 heterocycles. The van der Waals surface area contributed by atoms with E-state index < -0.39 is 0 Å². The summed E-state index contributed by atoms with van der Waals surface area (Å²) in [6.45, 7) is 2.98. The molecule has 1 unspecified atom stereocenters. The maximum Gasteiger partial charge on any atom is 0.0454 e. The molecule has 0 aliphatic rings. The predicted molar refractivity (Wildman–Crippen MR) is 91.2 cm³/mol. The van der Waals surface area contributed by atoms with Crippen molar-refractivity contribution in [1.82, 2.24) is 10.3 Å². The van der Waals surface area contributed by atoms with Gasteiger partial charge in [-0.3, -0.25) is 4.98 Å². The highest BCUT2D eigenvalue weighted by atomic mass is 79.9. The topological polar surface area (TPSA) is 24.9 Å². The molecule has 2 nitrogen and oxygen atoms in total. The third-order valence-corrected chi connectivity index (χ3v) is 4.26. The lowest BCUT2D eigenvalue weighted by molar-refractivity contribution is 0.549. The molecular formula is C15H15Br2ClN2. The Labute approximate surface area is 141 Å². The van der Waals surface area contributed by atoms with Gasteiger partial charge in [-0.1, -0.05) is 34.5 Å². The molecule has 2 rings (SSSR count). The number of rotatable bonds is 5. The van der Waals surface area contributed by atoms with E-state index in [-0.39, 0.29) is 6.04 Å². The Hall–Kier alpha value is -0.420. The van der Waals surface area contributed by atoms with Crippen LogP contribution in [-0.4, -0.2) is 11.5 Å². The van der Waals surface area contributed by atoms with Crippen LogP contribution in [0.4, 0.5) is 0 Å². The second kappa shape index (κ2) is 7.55. The van der Waals surface area contributed by atoms with E-state index >= 15 is 0 Å². The molecule has 0 fully saturated rings.